The van der Waals surface area contributed by atoms with Crippen LogP contribution in [0.3, 0.4) is 0 Å². The monoisotopic (exact) mass is 574 g/mol. The van der Waals surface area contributed by atoms with E-state index in [1.54, 1.807) is 12.1 Å². The Morgan fingerprint density at radius 3 is 2.50 bits per heavy atom. The summed E-state index contributed by atoms with van der Waals surface area (Å²) in [4.78, 5) is 16.3. The Hall–Kier alpha value is -2.23. The molecule has 0 fully saturated rings. The molecule has 0 aromatic carbocycles. The molecule has 164 valence electrons. The highest BCUT2D eigenvalue weighted by Gasteiger charge is 2.29. The highest BCUT2D eigenvalue weighted by atomic mass is 79.9. The van der Waals surface area contributed by atoms with Gasteiger partial charge in [-0.05, 0) is 74.3 Å². The Kier molecular flexibility index (Phi) is 4.99. The number of halogens is 2. The van der Waals surface area contributed by atoms with Crippen molar-refractivity contribution in [1.82, 2.24) is 19.9 Å². The zero-order valence-electron chi connectivity index (χ0n) is 17.6. The number of nitrogens with one attached hydrogen (secondary N) is 2. The molecule has 3 aromatic heterocycles. The summed E-state index contributed by atoms with van der Waals surface area (Å²) in [6, 6.07) is 11.3. The van der Waals surface area contributed by atoms with E-state index in [-0.39, 0.29) is 10.3 Å². The van der Waals surface area contributed by atoms with Crippen molar-refractivity contribution in [1.29, 1.82) is 0 Å². The van der Waals surface area contributed by atoms with E-state index in [1.807, 2.05) is 30.3 Å². The van der Waals surface area contributed by atoms with Crippen LogP contribution in [0.2, 0.25) is 0 Å². The van der Waals surface area contributed by atoms with E-state index in [0.29, 0.717) is 11.0 Å². The lowest BCUT2D eigenvalue weighted by Crippen LogP contribution is -2.15. The molecule has 2 N–H and O–H groups in total. The molecule has 0 unspecified atom stereocenters. The molecule has 2 aliphatic rings. The van der Waals surface area contributed by atoms with Gasteiger partial charge in [0.25, 0.3) is 0 Å². The first-order valence-corrected chi connectivity index (χ1v) is 13.5. The van der Waals surface area contributed by atoms with Gasteiger partial charge in [0.1, 0.15) is 4.90 Å². The number of nitrogens with zero attached hydrogens (tertiary/aromatic N) is 2. The molecule has 8 bridgehead atoms. The molecular weight excluding hydrogens is 556 g/mol. The minimum atomic E-state index is -3.54. The number of aromatic nitrogens is 4. The largest absolute Gasteiger partial charge is 0.354 e. The summed E-state index contributed by atoms with van der Waals surface area (Å²) < 4.78 is 27.1. The van der Waals surface area contributed by atoms with Gasteiger partial charge < -0.3 is 9.97 Å². The topological polar surface area (TPSA) is 91.5 Å². The summed E-state index contributed by atoms with van der Waals surface area (Å²) in [5, 5.41) is 0. The van der Waals surface area contributed by atoms with Crippen molar-refractivity contribution in [3.63, 3.8) is 0 Å². The van der Waals surface area contributed by atoms with Crippen molar-refractivity contribution < 1.29 is 8.42 Å². The van der Waals surface area contributed by atoms with E-state index in [2.05, 4.69) is 55.7 Å². The number of rotatable bonds is 1. The van der Waals surface area contributed by atoms with E-state index >= 15 is 0 Å². The molecule has 0 spiro atoms. The van der Waals surface area contributed by atoms with E-state index in [0.717, 1.165) is 49.2 Å². The summed E-state index contributed by atoms with van der Waals surface area (Å²) in [6.45, 7) is 4.32. The lowest BCUT2D eigenvalue weighted by molar-refractivity contribution is 0.543. The SMILES string of the molecule is CC1(C)Cc2cc3[nH]c(cc3Br)c(S(C)(=O)=O)c3ccc(cc4nc(cc1n2)C=C4Br)[nH]3. The fourth-order valence-corrected chi connectivity index (χ4v) is 6.01. The second-order valence-corrected chi connectivity index (χ2v) is 12.4. The maximum absolute atomic E-state index is 12.7. The van der Waals surface area contributed by atoms with Crippen molar-refractivity contribution >= 4 is 74.3 Å². The van der Waals surface area contributed by atoms with Crippen LogP contribution in [0.5, 0.6) is 0 Å². The first kappa shape index (κ1) is 21.6. The maximum atomic E-state index is 12.7. The van der Waals surface area contributed by atoms with E-state index in [9.17, 15) is 8.42 Å². The molecule has 5 rings (SSSR count). The highest BCUT2D eigenvalue weighted by Crippen LogP contribution is 2.34. The van der Waals surface area contributed by atoms with Crippen molar-refractivity contribution in [3.05, 3.63) is 63.6 Å². The van der Waals surface area contributed by atoms with Crippen molar-refractivity contribution in [3.8, 4) is 0 Å². The molecule has 3 aromatic rings. The zero-order chi connectivity index (χ0) is 22.8. The number of hydrogen-bond donors (Lipinski definition) is 2. The van der Waals surface area contributed by atoms with Crippen molar-refractivity contribution in [2.75, 3.05) is 6.26 Å². The van der Waals surface area contributed by atoms with Gasteiger partial charge in [-0.3, -0.25) is 4.98 Å². The molecule has 2 aliphatic heterocycles. The van der Waals surface area contributed by atoms with Crippen molar-refractivity contribution in [2.24, 2.45) is 0 Å². The molecule has 0 saturated carbocycles. The fourth-order valence-electron chi connectivity index (χ4n) is 4.10. The summed E-state index contributed by atoms with van der Waals surface area (Å²) in [6.07, 6.45) is 3.95. The summed E-state index contributed by atoms with van der Waals surface area (Å²) in [7, 11) is -3.54. The number of sulfone groups is 1. The minimum Gasteiger partial charge on any atom is -0.354 e. The summed E-state index contributed by atoms with van der Waals surface area (Å²) >= 11 is 7.17. The van der Waals surface area contributed by atoms with Gasteiger partial charge in [0.05, 0.1) is 27.9 Å². The van der Waals surface area contributed by atoms with Crippen LogP contribution in [0.25, 0.3) is 32.6 Å². The van der Waals surface area contributed by atoms with Crippen LogP contribution in [0.4, 0.5) is 0 Å². The standard InChI is InChI=1S/C23H20Br2N4O2S/c1-23(2)11-14-8-19-16(25)10-20(29-19)22(32(3,30)31)17-5-4-12(26-17)7-18-15(24)6-13(27-18)9-21(23)28-14/h4-10,26,29H,11H2,1-3H3. The summed E-state index contributed by atoms with van der Waals surface area (Å²) in [5.74, 6) is 0. The molecule has 5 heterocycles. The predicted octanol–water partition coefficient (Wildman–Crippen LogP) is 5.89. The fraction of sp³-hybridized carbons (Fsp3) is 0.217. The van der Waals surface area contributed by atoms with Gasteiger partial charge in [0.15, 0.2) is 9.84 Å². The van der Waals surface area contributed by atoms with Gasteiger partial charge in [-0.25, -0.2) is 13.4 Å². The lowest BCUT2D eigenvalue weighted by atomic mass is 9.87. The van der Waals surface area contributed by atoms with Crippen LogP contribution in [-0.4, -0.2) is 34.6 Å². The lowest BCUT2D eigenvalue weighted by Gasteiger charge is -2.15. The first-order chi connectivity index (χ1) is 15.0. The number of aromatic amines is 2. The van der Waals surface area contributed by atoms with Gasteiger partial charge in [-0.15, -0.1) is 0 Å². The second-order valence-electron chi connectivity index (χ2n) is 8.77. The Bertz CT molecular complexity index is 1580. The molecule has 0 radical (unpaired) electrons. The number of H-pyrrole nitrogens is 2. The second kappa shape index (κ2) is 7.40. The molecule has 0 saturated heterocycles. The number of hydrogen-bond acceptors (Lipinski definition) is 4. The van der Waals surface area contributed by atoms with Crippen LogP contribution in [0.15, 0.2) is 45.8 Å². The predicted molar refractivity (Wildman–Crippen MR) is 135 cm³/mol. The van der Waals surface area contributed by atoms with Crippen LogP contribution >= 0.6 is 31.9 Å². The molecule has 0 aliphatic carbocycles. The Balaban J connectivity index is 1.96. The van der Waals surface area contributed by atoms with Gasteiger partial charge in [-0.1, -0.05) is 13.8 Å². The highest BCUT2D eigenvalue weighted by molar-refractivity contribution is 9.15. The van der Waals surface area contributed by atoms with Crippen LogP contribution in [0.1, 0.15) is 36.6 Å². The first-order valence-electron chi connectivity index (χ1n) is 9.97. The third-order valence-electron chi connectivity index (χ3n) is 5.60. The van der Waals surface area contributed by atoms with Crippen LogP contribution < -0.4 is 0 Å². The third kappa shape index (κ3) is 3.86. The number of fused-ring (bicyclic) bond motifs is 8. The molecule has 0 amide bonds. The van der Waals surface area contributed by atoms with Crippen molar-refractivity contribution in [2.45, 2.75) is 30.6 Å². The molecule has 0 atom stereocenters. The Labute approximate surface area is 202 Å². The summed E-state index contributed by atoms with van der Waals surface area (Å²) in [5.41, 5.74) is 5.86. The van der Waals surface area contributed by atoms with E-state index < -0.39 is 9.84 Å². The maximum Gasteiger partial charge on any atom is 0.179 e. The molecule has 32 heavy (non-hydrogen) atoms. The average Bonchev–Trinajstić information content (AvgIpc) is 3.39. The molecule has 6 nitrogen and oxygen atoms in total. The van der Waals surface area contributed by atoms with Gasteiger partial charge in [0.2, 0.25) is 0 Å². The normalized spacial score (nSPS) is 15.6. The molecule has 9 heteroatoms. The zero-order valence-corrected chi connectivity index (χ0v) is 21.6. The molecular formula is C23H20Br2N4O2S. The Morgan fingerprint density at radius 2 is 1.75 bits per heavy atom. The van der Waals surface area contributed by atoms with Gasteiger partial charge in [0, 0.05) is 44.0 Å². The van der Waals surface area contributed by atoms with E-state index in [1.165, 1.54) is 6.26 Å². The van der Waals surface area contributed by atoms with Gasteiger partial charge in [-0.2, -0.15) is 0 Å². The quantitative estimate of drug-likeness (QED) is 0.378. The van der Waals surface area contributed by atoms with E-state index in [4.69, 9.17) is 9.97 Å². The average molecular weight is 576 g/mol. The smallest absolute Gasteiger partial charge is 0.179 e. The Morgan fingerprint density at radius 1 is 0.969 bits per heavy atom. The minimum absolute atomic E-state index is 0.144. The third-order valence-corrected chi connectivity index (χ3v) is 8.08. The van der Waals surface area contributed by atoms with Crippen LogP contribution in [0, 0.1) is 0 Å². The van der Waals surface area contributed by atoms with Crippen LogP contribution in [-0.2, 0) is 21.7 Å². The van der Waals surface area contributed by atoms with Gasteiger partial charge >= 0.3 is 0 Å².